The lowest BCUT2D eigenvalue weighted by Gasteiger charge is -2.19. The molecule has 0 bridgehead atoms. The van der Waals surface area contributed by atoms with Crippen LogP contribution in [0.1, 0.15) is 29.9 Å². The molecule has 0 fully saturated rings. The van der Waals surface area contributed by atoms with E-state index in [9.17, 15) is 4.79 Å². The van der Waals surface area contributed by atoms with Crippen LogP contribution < -0.4 is 26.2 Å². The van der Waals surface area contributed by atoms with Crippen molar-refractivity contribution in [3.05, 3.63) is 82.4 Å². The molecule has 14 heteroatoms. The van der Waals surface area contributed by atoms with Crippen LogP contribution in [0.15, 0.2) is 59.8 Å². The minimum absolute atomic E-state index is 0.0341. The van der Waals surface area contributed by atoms with Gasteiger partial charge in [0.2, 0.25) is 0 Å². The number of aromatic amines is 1. The predicted molar refractivity (Wildman–Crippen MR) is 133 cm³/mol. The molecule has 0 aliphatic carbocycles. The summed E-state index contributed by atoms with van der Waals surface area (Å²) >= 11 is 0. The zero-order valence-electron chi connectivity index (χ0n) is 20.2. The fraction of sp³-hybridized carbons (Fsp3) is 0.174. The van der Waals surface area contributed by atoms with Crippen molar-refractivity contribution in [2.75, 3.05) is 19.5 Å². The maximum Gasteiger partial charge on any atom is 0.350 e. The van der Waals surface area contributed by atoms with E-state index in [4.69, 9.17) is 30.5 Å². The fourth-order valence-electron chi connectivity index (χ4n) is 3.13. The molecule has 4 rings (SSSR count). The van der Waals surface area contributed by atoms with Crippen molar-refractivity contribution >= 4 is 17.5 Å². The predicted octanol–water partition coefficient (Wildman–Crippen LogP) is 1.34. The van der Waals surface area contributed by atoms with Gasteiger partial charge in [-0.3, -0.25) is 15.2 Å². The number of hydrogen-bond acceptors (Lipinski definition) is 10. The number of aliphatic carboxylic acids is 1. The van der Waals surface area contributed by atoms with Gasteiger partial charge in [0, 0.05) is 42.3 Å². The number of nitrogen functional groups attached to an aromatic ring is 1. The van der Waals surface area contributed by atoms with Gasteiger partial charge in [0.15, 0.2) is 11.6 Å². The van der Waals surface area contributed by atoms with Crippen molar-refractivity contribution in [2.24, 2.45) is 5.73 Å². The molecule has 14 nitrogen and oxygen atoms in total. The third kappa shape index (κ3) is 6.66. The lowest BCUT2D eigenvalue weighted by atomic mass is 10.1. The first kappa shape index (κ1) is 26.3. The Morgan fingerprint density at radius 1 is 1.16 bits per heavy atom. The maximum atomic E-state index is 12.6. The molecule has 0 radical (unpaired) electrons. The van der Waals surface area contributed by atoms with E-state index in [-0.39, 0.29) is 11.8 Å². The van der Waals surface area contributed by atoms with Crippen molar-refractivity contribution in [1.82, 2.24) is 29.7 Å². The van der Waals surface area contributed by atoms with Gasteiger partial charge >= 0.3 is 5.69 Å². The Balaban J connectivity index is 0.000000886. The number of ether oxygens (including phenoxy) is 2. The smallest absolute Gasteiger partial charge is 0.350 e. The van der Waals surface area contributed by atoms with Gasteiger partial charge in [-0.05, 0) is 36.4 Å². The highest BCUT2D eigenvalue weighted by atomic mass is 16.5. The molecule has 0 aliphatic heterocycles. The monoisotopic (exact) mass is 507 g/mol. The molecule has 3 aromatic heterocycles. The molecule has 1 aromatic carbocycles. The van der Waals surface area contributed by atoms with Gasteiger partial charge in [-0.25, -0.2) is 19.7 Å². The lowest BCUT2D eigenvalue weighted by molar-refractivity contribution is -0.134. The SMILES string of the molecule is CC(=O)O.COc1cc(C(Nc2ccc(C(=N)N)cc2)c2nn(-c3ncccn3)c(=O)[nH]2)cnc1OC. The number of H-pyrrole nitrogens is 1. The highest BCUT2D eigenvalue weighted by molar-refractivity contribution is 5.95. The molecule has 0 aliphatic rings. The van der Waals surface area contributed by atoms with E-state index in [2.05, 4.69) is 30.4 Å². The Bertz CT molecular complexity index is 1410. The van der Waals surface area contributed by atoms with Crippen LogP contribution in [-0.4, -0.2) is 60.8 Å². The second-order valence-corrected chi connectivity index (χ2v) is 7.34. The number of nitrogens with one attached hydrogen (secondary N) is 3. The van der Waals surface area contributed by atoms with Crippen LogP contribution in [0.3, 0.4) is 0 Å². The molecule has 3 heterocycles. The fourth-order valence-corrected chi connectivity index (χ4v) is 3.13. The van der Waals surface area contributed by atoms with E-state index in [1.54, 1.807) is 42.6 Å². The first-order valence-electron chi connectivity index (χ1n) is 10.7. The summed E-state index contributed by atoms with van der Waals surface area (Å²) in [7, 11) is 3.01. The number of pyridine rings is 1. The molecule has 6 N–H and O–H groups in total. The molecule has 4 aromatic rings. The van der Waals surface area contributed by atoms with Crippen molar-refractivity contribution in [3.63, 3.8) is 0 Å². The molecule has 0 spiro atoms. The summed E-state index contributed by atoms with van der Waals surface area (Å²) in [6.07, 6.45) is 4.64. The van der Waals surface area contributed by atoms with Gasteiger partial charge in [-0.15, -0.1) is 9.78 Å². The number of anilines is 1. The number of rotatable bonds is 8. The van der Waals surface area contributed by atoms with Crippen molar-refractivity contribution in [2.45, 2.75) is 13.0 Å². The largest absolute Gasteiger partial charge is 0.491 e. The highest BCUT2D eigenvalue weighted by Gasteiger charge is 2.23. The van der Waals surface area contributed by atoms with Crippen LogP contribution in [0.25, 0.3) is 5.95 Å². The topological polar surface area (TPSA) is 207 Å². The Morgan fingerprint density at radius 2 is 1.81 bits per heavy atom. The van der Waals surface area contributed by atoms with Gasteiger partial charge in [-0.2, -0.15) is 0 Å². The minimum Gasteiger partial charge on any atom is -0.491 e. The second kappa shape index (κ2) is 11.9. The number of amidine groups is 1. The summed E-state index contributed by atoms with van der Waals surface area (Å²) in [5, 5.41) is 22.7. The number of methoxy groups -OCH3 is 2. The average Bonchev–Trinajstić information content (AvgIpc) is 3.28. The van der Waals surface area contributed by atoms with Gasteiger partial charge in [0.25, 0.3) is 17.8 Å². The number of aromatic nitrogens is 6. The first-order valence-corrected chi connectivity index (χ1v) is 10.7. The summed E-state index contributed by atoms with van der Waals surface area (Å²) in [6.45, 7) is 1.08. The maximum absolute atomic E-state index is 12.6. The molecule has 37 heavy (non-hydrogen) atoms. The average molecular weight is 508 g/mol. The van der Waals surface area contributed by atoms with E-state index in [1.807, 2.05) is 0 Å². The number of nitrogens with zero attached hydrogens (tertiary/aromatic N) is 5. The Hall–Kier alpha value is -5.27. The van der Waals surface area contributed by atoms with E-state index in [0.29, 0.717) is 34.3 Å². The lowest BCUT2D eigenvalue weighted by Crippen LogP contribution is -2.18. The number of hydrogen-bond donors (Lipinski definition) is 5. The van der Waals surface area contributed by atoms with Crippen molar-refractivity contribution in [3.8, 4) is 17.6 Å². The van der Waals surface area contributed by atoms with Crippen LogP contribution in [-0.2, 0) is 4.79 Å². The first-order chi connectivity index (χ1) is 17.7. The van der Waals surface area contributed by atoms with Gasteiger partial charge in [0.05, 0.1) is 14.2 Å². The molecule has 1 atom stereocenters. The quantitative estimate of drug-likeness (QED) is 0.170. The minimum atomic E-state index is -0.833. The normalized spacial score (nSPS) is 11.0. The molecular weight excluding hydrogens is 482 g/mol. The molecule has 0 amide bonds. The number of benzene rings is 1. The summed E-state index contributed by atoms with van der Waals surface area (Å²) in [5.74, 6) is 0.314. The highest BCUT2D eigenvalue weighted by Crippen LogP contribution is 2.31. The van der Waals surface area contributed by atoms with Crippen molar-refractivity contribution in [1.29, 1.82) is 5.41 Å². The zero-order chi connectivity index (χ0) is 26.9. The van der Waals surface area contributed by atoms with Gasteiger partial charge < -0.3 is 25.6 Å². The molecule has 0 saturated heterocycles. The number of carboxylic acids is 1. The number of nitrogens with two attached hydrogens (primary N) is 1. The molecular formula is C23H25N9O5. The third-order valence-corrected chi connectivity index (χ3v) is 4.74. The van der Waals surface area contributed by atoms with Gasteiger partial charge in [0.1, 0.15) is 11.9 Å². The van der Waals surface area contributed by atoms with Crippen LogP contribution in [0.4, 0.5) is 5.69 Å². The van der Waals surface area contributed by atoms with Crippen LogP contribution >= 0.6 is 0 Å². The second-order valence-electron chi connectivity index (χ2n) is 7.34. The third-order valence-electron chi connectivity index (χ3n) is 4.74. The summed E-state index contributed by atoms with van der Waals surface area (Å²) in [6, 6.07) is 9.73. The summed E-state index contributed by atoms with van der Waals surface area (Å²) in [4.78, 5) is 36.8. The Labute approximate surface area is 210 Å². The van der Waals surface area contributed by atoms with Crippen LogP contribution in [0, 0.1) is 5.41 Å². The number of carboxylic acid groups (broad SMARTS) is 1. The van der Waals surface area contributed by atoms with Crippen LogP contribution in [0.2, 0.25) is 0 Å². The molecule has 0 saturated carbocycles. The van der Waals surface area contributed by atoms with E-state index >= 15 is 0 Å². The van der Waals surface area contributed by atoms with Crippen molar-refractivity contribution < 1.29 is 19.4 Å². The molecule has 1 unspecified atom stereocenters. The Morgan fingerprint density at radius 3 is 2.38 bits per heavy atom. The summed E-state index contributed by atoms with van der Waals surface area (Å²) < 4.78 is 11.7. The van der Waals surface area contributed by atoms with E-state index in [0.717, 1.165) is 11.6 Å². The number of carbonyl (C=O) groups is 1. The Kier molecular flexibility index (Phi) is 8.49. The molecule has 192 valence electrons. The zero-order valence-corrected chi connectivity index (χ0v) is 20.2. The van der Waals surface area contributed by atoms with E-state index in [1.165, 1.54) is 26.6 Å². The van der Waals surface area contributed by atoms with Crippen LogP contribution in [0.5, 0.6) is 11.6 Å². The standard InChI is InChI=1S/C21H21N9O3.C2H4O2/c1-32-15-10-13(11-26-19(15)33-2)16(27-14-6-4-12(5-7-14)17(22)23)18-28-21(31)30(29-18)20-24-8-3-9-25-20;1-2(3)4/h3-11,16,27H,1-2H3,(H3,22,23)(H,28,29,31);1H3,(H,3,4). The van der Waals surface area contributed by atoms with E-state index < -0.39 is 17.7 Å². The van der Waals surface area contributed by atoms with Gasteiger partial charge in [-0.1, -0.05) is 0 Å². The summed E-state index contributed by atoms with van der Waals surface area (Å²) in [5.41, 5.74) is 6.99.